The fourth-order valence-electron chi connectivity index (χ4n) is 3.34. The maximum Gasteiger partial charge on any atom is 0.291 e. The Hall–Kier alpha value is -3.41. The molecule has 0 radical (unpaired) electrons. The molecule has 0 spiro atoms. The topological polar surface area (TPSA) is 79.8 Å². The number of carbonyl (C=O) groups is 1. The second-order valence-electron chi connectivity index (χ2n) is 7.02. The highest BCUT2D eigenvalue weighted by Gasteiger charge is 2.12. The van der Waals surface area contributed by atoms with Crippen molar-refractivity contribution in [2.24, 2.45) is 0 Å². The van der Waals surface area contributed by atoms with Crippen LogP contribution in [0.5, 0.6) is 0 Å². The molecule has 0 aliphatic carbocycles. The van der Waals surface area contributed by atoms with Crippen molar-refractivity contribution in [3.8, 4) is 0 Å². The Morgan fingerprint density at radius 1 is 1.11 bits per heavy atom. The molecule has 1 amide bonds. The molecule has 28 heavy (non-hydrogen) atoms. The smallest absolute Gasteiger partial charge is 0.291 e. The molecule has 0 aliphatic heterocycles. The van der Waals surface area contributed by atoms with E-state index in [9.17, 15) is 9.59 Å². The number of nitrogens with one attached hydrogen (secondary N) is 2. The minimum Gasteiger partial charge on any atom is -0.350 e. The standard InChI is InChI=1S/C22H22N4O2/c1-3-15-5-7-16(8-6-15)11-23-20(27)13-26-22(28)21-18(12-24-26)17-10-14(2)4-9-19(17)25-21/h4-10,12,25H,3,11,13H2,1-2H3,(H,23,27). The van der Waals surface area contributed by atoms with E-state index in [4.69, 9.17) is 0 Å². The van der Waals surface area contributed by atoms with Gasteiger partial charge in [-0.3, -0.25) is 9.59 Å². The molecule has 2 aromatic carbocycles. The number of aryl methyl sites for hydroxylation is 2. The van der Waals surface area contributed by atoms with Gasteiger partial charge in [0.25, 0.3) is 5.56 Å². The van der Waals surface area contributed by atoms with E-state index in [0.717, 1.165) is 33.8 Å². The third-order valence-electron chi connectivity index (χ3n) is 4.98. The van der Waals surface area contributed by atoms with Crippen LogP contribution < -0.4 is 10.9 Å². The van der Waals surface area contributed by atoms with E-state index in [1.54, 1.807) is 6.20 Å². The summed E-state index contributed by atoms with van der Waals surface area (Å²) >= 11 is 0. The van der Waals surface area contributed by atoms with Crippen LogP contribution in [0.2, 0.25) is 0 Å². The second kappa shape index (κ2) is 7.31. The first-order valence-electron chi connectivity index (χ1n) is 9.38. The Morgan fingerprint density at radius 2 is 1.86 bits per heavy atom. The summed E-state index contributed by atoms with van der Waals surface area (Å²) in [5.41, 5.74) is 4.45. The fraction of sp³-hybridized carbons (Fsp3) is 0.227. The van der Waals surface area contributed by atoms with Crippen LogP contribution in [-0.4, -0.2) is 20.7 Å². The van der Waals surface area contributed by atoms with Gasteiger partial charge < -0.3 is 10.3 Å². The maximum absolute atomic E-state index is 12.8. The Kier molecular flexibility index (Phi) is 4.69. The summed E-state index contributed by atoms with van der Waals surface area (Å²) in [6.45, 7) is 4.42. The normalized spacial score (nSPS) is 11.2. The van der Waals surface area contributed by atoms with Crippen LogP contribution in [0.1, 0.15) is 23.6 Å². The third kappa shape index (κ3) is 3.41. The van der Waals surface area contributed by atoms with Crippen LogP contribution in [0.3, 0.4) is 0 Å². The number of H-pyrrole nitrogens is 1. The minimum atomic E-state index is -0.297. The molecule has 0 saturated carbocycles. The molecule has 0 atom stereocenters. The van der Waals surface area contributed by atoms with Crippen LogP contribution in [0.25, 0.3) is 21.8 Å². The summed E-state index contributed by atoms with van der Waals surface area (Å²) < 4.78 is 1.19. The molecular weight excluding hydrogens is 352 g/mol. The van der Waals surface area contributed by atoms with Crippen LogP contribution in [0.4, 0.5) is 0 Å². The van der Waals surface area contributed by atoms with Gasteiger partial charge in [-0.25, -0.2) is 4.68 Å². The van der Waals surface area contributed by atoms with E-state index in [2.05, 4.69) is 34.5 Å². The van der Waals surface area contributed by atoms with Crippen LogP contribution in [0.15, 0.2) is 53.5 Å². The average Bonchev–Trinajstić information content (AvgIpc) is 3.07. The van der Waals surface area contributed by atoms with Gasteiger partial charge >= 0.3 is 0 Å². The van der Waals surface area contributed by atoms with Gasteiger partial charge in [0.15, 0.2) is 0 Å². The van der Waals surface area contributed by atoms with E-state index < -0.39 is 0 Å². The molecule has 2 N–H and O–H groups in total. The lowest BCUT2D eigenvalue weighted by Crippen LogP contribution is -2.33. The van der Waals surface area contributed by atoms with Crippen molar-refractivity contribution in [2.45, 2.75) is 33.4 Å². The lowest BCUT2D eigenvalue weighted by molar-refractivity contribution is -0.122. The molecule has 6 nitrogen and oxygen atoms in total. The molecule has 0 unspecified atom stereocenters. The largest absolute Gasteiger partial charge is 0.350 e. The molecule has 142 valence electrons. The Balaban J connectivity index is 1.52. The van der Waals surface area contributed by atoms with Crippen molar-refractivity contribution < 1.29 is 4.79 Å². The highest BCUT2D eigenvalue weighted by Crippen LogP contribution is 2.23. The summed E-state index contributed by atoms with van der Waals surface area (Å²) in [6, 6.07) is 14.1. The molecular formula is C22H22N4O2. The number of fused-ring (bicyclic) bond motifs is 3. The second-order valence-corrected chi connectivity index (χ2v) is 7.02. The van der Waals surface area contributed by atoms with E-state index in [-0.39, 0.29) is 18.0 Å². The maximum atomic E-state index is 12.8. The molecule has 4 rings (SSSR count). The summed E-state index contributed by atoms with van der Waals surface area (Å²) in [4.78, 5) is 28.2. The van der Waals surface area contributed by atoms with Crippen molar-refractivity contribution in [3.63, 3.8) is 0 Å². The number of hydrogen-bond donors (Lipinski definition) is 2. The van der Waals surface area contributed by atoms with E-state index in [0.29, 0.717) is 12.1 Å². The number of rotatable bonds is 5. The molecule has 2 aromatic heterocycles. The summed E-state index contributed by atoms with van der Waals surface area (Å²) in [6.07, 6.45) is 2.63. The van der Waals surface area contributed by atoms with Crippen molar-refractivity contribution in [1.29, 1.82) is 0 Å². The van der Waals surface area contributed by atoms with Crippen molar-refractivity contribution >= 4 is 27.7 Å². The van der Waals surface area contributed by atoms with Crippen molar-refractivity contribution in [2.75, 3.05) is 0 Å². The average molecular weight is 374 g/mol. The molecule has 0 bridgehead atoms. The highest BCUT2D eigenvalue weighted by molar-refractivity contribution is 6.06. The van der Waals surface area contributed by atoms with Crippen LogP contribution in [-0.2, 0) is 24.3 Å². The lowest BCUT2D eigenvalue weighted by Gasteiger charge is -2.07. The first kappa shape index (κ1) is 18.0. The predicted octanol–water partition coefficient (Wildman–Crippen LogP) is 3.07. The van der Waals surface area contributed by atoms with Crippen LogP contribution in [0, 0.1) is 6.92 Å². The number of carbonyl (C=O) groups excluding carboxylic acids is 1. The zero-order chi connectivity index (χ0) is 19.7. The Labute approximate surface area is 162 Å². The molecule has 0 fully saturated rings. The number of aromatic nitrogens is 3. The molecule has 4 aromatic rings. The zero-order valence-electron chi connectivity index (χ0n) is 16.0. The quantitative estimate of drug-likeness (QED) is 0.563. The Bertz CT molecular complexity index is 1220. The SMILES string of the molecule is CCc1ccc(CNC(=O)Cn2ncc3c([nH]c4ccc(C)cc43)c2=O)cc1. The Morgan fingerprint density at radius 3 is 2.61 bits per heavy atom. The van der Waals surface area contributed by atoms with E-state index in [1.165, 1.54) is 10.2 Å². The van der Waals surface area contributed by atoms with Gasteiger partial charge in [-0.05, 0) is 36.6 Å². The monoisotopic (exact) mass is 374 g/mol. The molecule has 0 saturated heterocycles. The predicted molar refractivity (Wildman–Crippen MR) is 110 cm³/mol. The van der Waals surface area contributed by atoms with Crippen molar-refractivity contribution in [1.82, 2.24) is 20.1 Å². The number of nitrogens with zero attached hydrogens (tertiary/aromatic N) is 2. The molecule has 6 heteroatoms. The van der Waals surface area contributed by atoms with E-state index >= 15 is 0 Å². The van der Waals surface area contributed by atoms with Gasteiger partial charge in [0.1, 0.15) is 12.1 Å². The first-order valence-corrected chi connectivity index (χ1v) is 9.38. The summed E-state index contributed by atoms with van der Waals surface area (Å²) in [7, 11) is 0. The van der Waals surface area contributed by atoms with Gasteiger partial charge in [-0.2, -0.15) is 5.10 Å². The van der Waals surface area contributed by atoms with Gasteiger partial charge in [0.2, 0.25) is 5.91 Å². The van der Waals surface area contributed by atoms with Gasteiger partial charge in [-0.15, -0.1) is 0 Å². The number of amides is 1. The summed E-state index contributed by atoms with van der Waals surface area (Å²) in [5.74, 6) is -0.250. The molecule has 2 heterocycles. The highest BCUT2D eigenvalue weighted by atomic mass is 16.2. The number of aromatic amines is 1. The van der Waals surface area contributed by atoms with Gasteiger partial charge in [-0.1, -0.05) is 42.8 Å². The van der Waals surface area contributed by atoms with Gasteiger partial charge in [0.05, 0.1) is 6.20 Å². The minimum absolute atomic E-state index is 0.115. The number of benzene rings is 2. The van der Waals surface area contributed by atoms with E-state index in [1.807, 2.05) is 37.3 Å². The molecule has 0 aliphatic rings. The number of hydrogen-bond acceptors (Lipinski definition) is 3. The van der Waals surface area contributed by atoms with Crippen molar-refractivity contribution in [3.05, 3.63) is 75.7 Å². The third-order valence-corrected chi connectivity index (χ3v) is 4.98. The summed E-state index contributed by atoms with van der Waals surface area (Å²) in [5, 5.41) is 8.78. The lowest BCUT2D eigenvalue weighted by atomic mass is 10.1. The fourth-order valence-corrected chi connectivity index (χ4v) is 3.34. The first-order chi connectivity index (χ1) is 13.5. The van der Waals surface area contributed by atoms with Crippen LogP contribution >= 0.6 is 0 Å². The zero-order valence-corrected chi connectivity index (χ0v) is 16.0. The van der Waals surface area contributed by atoms with Gasteiger partial charge in [0, 0.05) is 22.8 Å².